The normalized spacial score (nSPS) is 13.1. The number of hydrogen-bond donors (Lipinski definition) is 3. The highest BCUT2D eigenvalue weighted by Gasteiger charge is 2.14. The number of hydrogen-bond acceptors (Lipinski definition) is 7. The van der Waals surface area contributed by atoms with E-state index in [0.29, 0.717) is 11.1 Å². The van der Waals surface area contributed by atoms with Gasteiger partial charge in [0.2, 0.25) is 0 Å². The van der Waals surface area contributed by atoms with Crippen molar-refractivity contribution in [3.05, 3.63) is 29.1 Å². The van der Waals surface area contributed by atoms with E-state index in [-0.39, 0.29) is 25.0 Å². The Morgan fingerprint density at radius 2 is 1.12 bits per heavy atom. The van der Waals surface area contributed by atoms with Crippen LogP contribution in [0.2, 0.25) is 0 Å². The maximum absolute atomic E-state index is 10.9. The lowest BCUT2D eigenvalue weighted by molar-refractivity contribution is 0.479. The van der Waals surface area contributed by atoms with E-state index in [1.807, 2.05) is 0 Å². The van der Waals surface area contributed by atoms with E-state index in [1.165, 1.54) is 12.3 Å². The van der Waals surface area contributed by atoms with E-state index in [1.54, 1.807) is 0 Å². The Morgan fingerprint density at radius 1 is 0.708 bits per heavy atom. The third-order valence-corrected chi connectivity index (χ3v) is 5.17. The molecule has 0 aromatic carbocycles. The molecule has 1 aromatic rings. The standard InChI is InChI=1S/C11H17NO9S3/c13-22(14,15)4-1-9-7-11(3-6-24(19,20)21)12-8-10(9)2-5-23(16,17)18/h7-8H,1-6H2,(H,13,14,15)(H,16,17,18)(H,19,20,21). The molecule has 1 rings (SSSR count). The summed E-state index contributed by atoms with van der Waals surface area (Å²) in [6.45, 7) is 0. The predicted molar refractivity (Wildman–Crippen MR) is 84.6 cm³/mol. The Hall–Kier alpha value is -1.12. The van der Waals surface area contributed by atoms with E-state index in [2.05, 4.69) is 4.98 Å². The van der Waals surface area contributed by atoms with Gasteiger partial charge in [-0.05, 0) is 30.0 Å². The molecule has 0 aliphatic rings. The molecule has 138 valence electrons. The van der Waals surface area contributed by atoms with Crippen molar-refractivity contribution in [3.8, 4) is 0 Å². The molecule has 13 heteroatoms. The van der Waals surface area contributed by atoms with Crippen LogP contribution in [0.15, 0.2) is 12.3 Å². The Morgan fingerprint density at radius 3 is 1.58 bits per heavy atom. The molecule has 0 spiro atoms. The molecule has 0 amide bonds. The van der Waals surface area contributed by atoms with Gasteiger partial charge in [0, 0.05) is 18.3 Å². The van der Waals surface area contributed by atoms with Crippen molar-refractivity contribution in [1.82, 2.24) is 4.98 Å². The Labute approximate surface area is 140 Å². The lowest BCUT2D eigenvalue weighted by Gasteiger charge is -2.10. The van der Waals surface area contributed by atoms with Crippen LogP contribution in [0.1, 0.15) is 16.8 Å². The molecule has 0 bridgehead atoms. The van der Waals surface area contributed by atoms with Gasteiger partial charge in [0.05, 0.1) is 17.3 Å². The van der Waals surface area contributed by atoms with Crippen LogP contribution in [0.3, 0.4) is 0 Å². The zero-order valence-electron chi connectivity index (χ0n) is 12.4. The minimum atomic E-state index is -4.25. The van der Waals surface area contributed by atoms with E-state index in [4.69, 9.17) is 13.7 Å². The summed E-state index contributed by atoms with van der Waals surface area (Å²) in [5.74, 6) is -1.80. The molecule has 0 unspecified atom stereocenters. The van der Waals surface area contributed by atoms with Gasteiger partial charge in [-0.25, -0.2) is 0 Å². The van der Waals surface area contributed by atoms with E-state index in [0.717, 1.165) is 0 Å². The minimum Gasteiger partial charge on any atom is -0.286 e. The van der Waals surface area contributed by atoms with Crippen molar-refractivity contribution < 1.29 is 38.9 Å². The first-order valence-electron chi connectivity index (χ1n) is 6.57. The van der Waals surface area contributed by atoms with Gasteiger partial charge < -0.3 is 0 Å². The molecule has 1 aromatic heterocycles. The molecule has 10 nitrogen and oxygen atoms in total. The predicted octanol–water partition coefficient (Wildman–Crippen LogP) is -0.627. The van der Waals surface area contributed by atoms with Crippen LogP contribution in [0.4, 0.5) is 0 Å². The second kappa shape index (κ2) is 7.84. The highest BCUT2D eigenvalue weighted by Crippen LogP contribution is 2.14. The van der Waals surface area contributed by atoms with Crippen LogP contribution in [-0.4, -0.2) is 61.2 Å². The van der Waals surface area contributed by atoms with Crippen LogP contribution in [0.25, 0.3) is 0 Å². The Kier molecular flexibility index (Phi) is 6.84. The van der Waals surface area contributed by atoms with Crippen LogP contribution < -0.4 is 0 Å². The lowest BCUT2D eigenvalue weighted by atomic mass is 10.0. The first-order valence-corrected chi connectivity index (χ1v) is 11.4. The Balaban J connectivity index is 3.04. The molecule has 0 atom stereocenters. The first kappa shape index (κ1) is 20.9. The highest BCUT2D eigenvalue weighted by molar-refractivity contribution is 7.86. The lowest BCUT2D eigenvalue weighted by Crippen LogP contribution is -2.13. The highest BCUT2D eigenvalue weighted by atomic mass is 32.2. The second-order valence-electron chi connectivity index (χ2n) is 5.05. The van der Waals surface area contributed by atoms with Crippen molar-refractivity contribution in [2.75, 3.05) is 17.3 Å². The van der Waals surface area contributed by atoms with Crippen molar-refractivity contribution >= 4 is 30.4 Å². The monoisotopic (exact) mass is 403 g/mol. The largest absolute Gasteiger partial charge is 0.286 e. The fraction of sp³-hybridized carbons (Fsp3) is 0.545. The zero-order chi connectivity index (χ0) is 18.6. The summed E-state index contributed by atoms with van der Waals surface area (Å²) in [7, 11) is -12.7. The van der Waals surface area contributed by atoms with Gasteiger partial charge >= 0.3 is 0 Å². The van der Waals surface area contributed by atoms with Gasteiger partial charge in [0.1, 0.15) is 0 Å². The molecule has 1 heterocycles. The molecule has 0 aliphatic carbocycles. The molecule has 0 aliphatic heterocycles. The summed E-state index contributed by atoms with van der Waals surface area (Å²) in [6.07, 6.45) is 0.826. The summed E-state index contributed by atoms with van der Waals surface area (Å²) in [5, 5.41) is 0. The average Bonchev–Trinajstić information content (AvgIpc) is 2.39. The van der Waals surface area contributed by atoms with Crippen LogP contribution in [0, 0.1) is 0 Å². The van der Waals surface area contributed by atoms with E-state index in [9.17, 15) is 25.3 Å². The van der Waals surface area contributed by atoms with E-state index < -0.39 is 47.6 Å². The molecular weight excluding hydrogens is 386 g/mol. The molecule has 3 N–H and O–H groups in total. The van der Waals surface area contributed by atoms with Gasteiger partial charge in [-0.3, -0.25) is 18.6 Å². The fourth-order valence-electron chi connectivity index (χ4n) is 1.88. The van der Waals surface area contributed by atoms with Crippen molar-refractivity contribution in [2.45, 2.75) is 19.3 Å². The third kappa shape index (κ3) is 9.24. The zero-order valence-corrected chi connectivity index (χ0v) is 14.8. The summed E-state index contributed by atoms with van der Waals surface area (Å²) in [4.78, 5) is 3.92. The average molecular weight is 403 g/mol. The molecule has 0 fully saturated rings. The first-order chi connectivity index (χ1) is 10.8. The minimum absolute atomic E-state index is 0.129. The van der Waals surface area contributed by atoms with Crippen molar-refractivity contribution in [2.24, 2.45) is 0 Å². The van der Waals surface area contributed by atoms with Crippen LogP contribution in [-0.2, 0) is 49.6 Å². The van der Waals surface area contributed by atoms with Crippen LogP contribution in [0.5, 0.6) is 0 Å². The number of aromatic nitrogens is 1. The summed E-state index contributed by atoms with van der Waals surface area (Å²) in [6, 6.07) is 1.37. The number of rotatable bonds is 9. The fourth-order valence-corrected chi connectivity index (χ4v) is 3.30. The molecule has 0 saturated carbocycles. The van der Waals surface area contributed by atoms with Crippen LogP contribution >= 0.6 is 0 Å². The van der Waals surface area contributed by atoms with Gasteiger partial charge in [-0.2, -0.15) is 25.3 Å². The number of aryl methyl sites for hydroxylation is 3. The quantitative estimate of drug-likeness (QED) is 0.450. The van der Waals surface area contributed by atoms with Gasteiger partial charge in [0.15, 0.2) is 0 Å². The Bertz CT molecular complexity index is 889. The summed E-state index contributed by atoms with van der Waals surface area (Å²) >= 11 is 0. The third-order valence-electron chi connectivity index (χ3n) is 3.01. The van der Waals surface area contributed by atoms with Crippen molar-refractivity contribution in [1.29, 1.82) is 0 Å². The molecule has 0 radical (unpaired) electrons. The second-order valence-corrected chi connectivity index (χ2v) is 9.77. The van der Waals surface area contributed by atoms with Gasteiger partial charge in [-0.15, -0.1) is 0 Å². The smallest absolute Gasteiger partial charge is 0.265 e. The number of pyridine rings is 1. The SMILES string of the molecule is O=S(=O)(O)CCc1cc(CCS(=O)(=O)O)c(CCS(=O)(=O)O)cn1. The summed E-state index contributed by atoms with van der Waals surface area (Å²) in [5.41, 5.74) is 0.928. The summed E-state index contributed by atoms with van der Waals surface area (Å²) < 4.78 is 91.2. The van der Waals surface area contributed by atoms with Gasteiger partial charge in [0.25, 0.3) is 30.4 Å². The molecule has 0 saturated heterocycles. The molecular formula is C11H17NO9S3. The maximum Gasteiger partial charge on any atom is 0.265 e. The molecule has 24 heavy (non-hydrogen) atoms. The topological polar surface area (TPSA) is 176 Å². The van der Waals surface area contributed by atoms with Gasteiger partial charge in [-0.1, -0.05) is 0 Å². The number of nitrogens with zero attached hydrogens (tertiary/aromatic N) is 1. The van der Waals surface area contributed by atoms with E-state index >= 15 is 0 Å². The maximum atomic E-state index is 10.9. The van der Waals surface area contributed by atoms with Crippen molar-refractivity contribution in [3.63, 3.8) is 0 Å².